The van der Waals surface area contributed by atoms with Crippen LogP contribution in [0, 0.1) is 0 Å². The highest BCUT2D eigenvalue weighted by atomic mass is 79.9. The van der Waals surface area contributed by atoms with E-state index in [9.17, 15) is 9.59 Å². The molecule has 30 heavy (non-hydrogen) atoms. The van der Waals surface area contributed by atoms with Gasteiger partial charge in [-0.05, 0) is 46.1 Å². The van der Waals surface area contributed by atoms with E-state index in [4.69, 9.17) is 9.47 Å². The maximum Gasteiger partial charge on any atom is 0.292 e. The van der Waals surface area contributed by atoms with Gasteiger partial charge in [-0.25, -0.2) is 10.1 Å². The fourth-order valence-electron chi connectivity index (χ4n) is 2.84. The van der Waals surface area contributed by atoms with E-state index in [2.05, 4.69) is 31.6 Å². The number of carbonyl (C=O) groups excluding carboxylic acids is 1. The van der Waals surface area contributed by atoms with Crippen molar-refractivity contribution in [1.82, 2.24) is 15.2 Å². The number of methoxy groups -OCH3 is 1. The normalized spacial score (nSPS) is 11.1. The summed E-state index contributed by atoms with van der Waals surface area (Å²) in [6.07, 6.45) is 2.36. The number of nitrogens with zero attached hydrogens (tertiary/aromatic N) is 3. The Morgan fingerprint density at radius 2 is 2.03 bits per heavy atom. The third-order valence-corrected chi connectivity index (χ3v) is 4.84. The van der Waals surface area contributed by atoms with Crippen molar-refractivity contribution in [3.05, 3.63) is 62.5 Å². The van der Waals surface area contributed by atoms with Crippen molar-refractivity contribution in [2.45, 2.75) is 13.3 Å². The molecule has 1 amide bonds. The van der Waals surface area contributed by atoms with Gasteiger partial charge in [-0.3, -0.25) is 9.59 Å². The molecule has 2 aromatic carbocycles. The summed E-state index contributed by atoms with van der Waals surface area (Å²) in [5.74, 6) is 0.643. The molecule has 3 aromatic rings. The number of hydrogen-bond donors (Lipinski definition) is 1. The number of halogens is 1. The molecule has 0 spiro atoms. The average molecular weight is 473 g/mol. The fourth-order valence-corrected chi connectivity index (χ4v) is 3.42. The maximum atomic E-state index is 12.6. The molecule has 0 radical (unpaired) electrons. The zero-order valence-electron chi connectivity index (χ0n) is 16.8. The van der Waals surface area contributed by atoms with E-state index in [1.54, 1.807) is 37.4 Å². The predicted molar refractivity (Wildman–Crippen MR) is 119 cm³/mol. The van der Waals surface area contributed by atoms with Gasteiger partial charge in [-0.1, -0.05) is 25.1 Å². The Morgan fingerprint density at radius 1 is 1.30 bits per heavy atom. The van der Waals surface area contributed by atoms with Crippen LogP contribution in [0.5, 0.6) is 11.5 Å². The highest BCUT2D eigenvalue weighted by Gasteiger charge is 2.15. The Labute approximate surface area is 181 Å². The summed E-state index contributed by atoms with van der Waals surface area (Å²) in [5, 5.41) is 8.98. The molecule has 9 heteroatoms. The van der Waals surface area contributed by atoms with Crippen LogP contribution in [0.4, 0.5) is 0 Å². The minimum Gasteiger partial charge on any atom is -0.493 e. The number of hydrazone groups is 1. The highest BCUT2D eigenvalue weighted by Crippen LogP contribution is 2.36. The van der Waals surface area contributed by atoms with E-state index < -0.39 is 5.91 Å². The first kappa shape index (κ1) is 21.5. The second-order valence-corrected chi connectivity index (χ2v) is 7.26. The highest BCUT2D eigenvalue weighted by molar-refractivity contribution is 9.10. The molecule has 0 saturated heterocycles. The van der Waals surface area contributed by atoms with E-state index in [1.165, 1.54) is 13.3 Å². The number of amides is 1. The fraction of sp³-hybridized carbons (Fsp3) is 0.238. The van der Waals surface area contributed by atoms with Gasteiger partial charge >= 0.3 is 0 Å². The zero-order valence-corrected chi connectivity index (χ0v) is 18.4. The molecule has 1 N–H and O–H groups in total. The van der Waals surface area contributed by atoms with Crippen LogP contribution >= 0.6 is 15.9 Å². The summed E-state index contributed by atoms with van der Waals surface area (Å²) in [6.45, 7) is 2.59. The Bertz CT molecular complexity index is 1170. The van der Waals surface area contributed by atoms with E-state index in [0.717, 1.165) is 11.1 Å². The summed E-state index contributed by atoms with van der Waals surface area (Å²) >= 11 is 3.47. The lowest BCUT2D eigenvalue weighted by molar-refractivity contribution is 0.0950. The molecule has 0 aliphatic carbocycles. The molecule has 0 aliphatic rings. The van der Waals surface area contributed by atoms with Crippen LogP contribution in [0.1, 0.15) is 29.4 Å². The van der Waals surface area contributed by atoms with E-state index in [1.807, 2.05) is 13.0 Å². The van der Waals surface area contributed by atoms with Gasteiger partial charge < -0.3 is 9.47 Å². The van der Waals surface area contributed by atoms with Crippen LogP contribution < -0.4 is 20.5 Å². The van der Waals surface area contributed by atoms with Crippen LogP contribution in [0.2, 0.25) is 0 Å². The number of aryl methyl sites for hydroxylation is 1. The molecule has 0 aliphatic heterocycles. The molecule has 156 valence electrons. The van der Waals surface area contributed by atoms with Crippen LogP contribution in [0.15, 0.2) is 50.8 Å². The summed E-state index contributed by atoms with van der Waals surface area (Å²) < 4.78 is 12.9. The zero-order chi connectivity index (χ0) is 21.7. The van der Waals surface area contributed by atoms with Gasteiger partial charge in [0.15, 0.2) is 17.2 Å². The van der Waals surface area contributed by atoms with Crippen molar-refractivity contribution in [3.8, 4) is 11.5 Å². The lowest BCUT2D eigenvalue weighted by atomic mass is 10.1. The maximum absolute atomic E-state index is 12.6. The third kappa shape index (κ3) is 4.51. The number of rotatable bonds is 7. The lowest BCUT2D eigenvalue weighted by Gasteiger charge is -2.12. The molecule has 0 unspecified atom stereocenters. The van der Waals surface area contributed by atoms with E-state index in [-0.39, 0.29) is 11.3 Å². The summed E-state index contributed by atoms with van der Waals surface area (Å²) in [6, 6.07) is 10.4. The van der Waals surface area contributed by atoms with Crippen LogP contribution in [-0.4, -0.2) is 35.6 Å². The van der Waals surface area contributed by atoms with Gasteiger partial charge in [-0.15, -0.1) is 0 Å². The second-order valence-electron chi connectivity index (χ2n) is 6.40. The molecular formula is C21H21BrN4O4. The average Bonchev–Trinajstić information content (AvgIpc) is 2.75. The van der Waals surface area contributed by atoms with Crippen molar-refractivity contribution in [2.75, 3.05) is 13.7 Å². The van der Waals surface area contributed by atoms with Gasteiger partial charge in [-0.2, -0.15) is 10.2 Å². The van der Waals surface area contributed by atoms with Crippen molar-refractivity contribution in [1.29, 1.82) is 0 Å². The van der Waals surface area contributed by atoms with Crippen molar-refractivity contribution >= 4 is 38.8 Å². The van der Waals surface area contributed by atoms with Crippen LogP contribution in [0.3, 0.4) is 0 Å². The minimum atomic E-state index is -0.521. The molecule has 8 nitrogen and oxygen atoms in total. The molecule has 1 aromatic heterocycles. The van der Waals surface area contributed by atoms with Crippen LogP contribution in [0.25, 0.3) is 10.8 Å². The number of carbonyl (C=O) groups is 1. The summed E-state index contributed by atoms with van der Waals surface area (Å²) in [4.78, 5) is 24.8. The molecule has 0 bridgehead atoms. The summed E-state index contributed by atoms with van der Waals surface area (Å²) in [7, 11) is 3.06. The first-order valence-corrected chi connectivity index (χ1v) is 10.0. The van der Waals surface area contributed by atoms with E-state index >= 15 is 0 Å². The first-order valence-electron chi connectivity index (χ1n) is 9.26. The monoisotopic (exact) mass is 472 g/mol. The smallest absolute Gasteiger partial charge is 0.292 e. The SMILES string of the molecule is CCCOc1c(Br)cc(/C=N/NC(=O)c2nn(C)c(=O)c3ccccc23)cc1OC. The standard InChI is InChI=1S/C21H21BrN4O4/c1-4-9-30-19-16(22)10-13(11-17(19)29-3)12-23-24-20(27)18-14-7-5-6-8-15(14)21(28)26(2)25-18/h5-8,10-12H,4,9H2,1-3H3,(H,24,27)/b23-12+. The topological polar surface area (TPSA) is 94.8 Å². The van der Waals surface area contributed by atoms with Gasteiger partial charge in [0.1, 0.15) is 0 Å². The van der Waals surface area contributed by atoms with Crippen molar-refractivity contribution < 1.29 is 14.3 Å². The third-order valence-electron chi connectivity index (χ3n) is 4.25. The quantitative estimate of drug-likeness (QED) is 0.420. The van der Waals surface area contributed by atoms with Crippen molar-refractivity contribution in [3.63, 3.8) is 0 Å². The van der Waals surface area contributed by atoms with Gasteiger partial charge in [0, 0.05) is 12.4 Å². The Balaban J connectivity index is 1.83. The molecule has 0 saturated carbocycles. The van der Waals surface area contributed by atoms with Crippen LogP contribution in [-0.2, 0) is 7.05 Å². The minimum absolute atomic E-state index is 0.118. The molecule has 3 rings (SSSR count). The Kier molecular flexibility index (Phi) is 6.83. The van der Waals surface area contributed by atoms with Gasteiger partial charge in [0.25, 0.3) is 11.5 Å². The summed E-state index contributed by atoms with van der Waals surface area (Å²) in [5.41, 5.74) is 3.00. The second kappa shape index (κ2) is 9.53. The number of benzene rings is 2. The van der Waals surface area contributed by atoms with E-state index in [0.29, 0.717) is 38.9 Å². The molecule has 0 fully saturated rings. The molecule has 1 heterocycles. The molecular weight excluding hydrogens is 452 g/mol. The Morgan fingerprint density at radius 3 is 2.73 bits per heavy atom. The molecule has 0 atom stereocenters. The first-order chi connectivity index (χ1) is 14.5. The Hall–Kier alpha value is -3.20. The van der Waals surface area contributed by atoms with Gasteiger partial charge in [0.2, 0.25) is 0 Å². The predicted octanol–water partition coefficient (Wildman–Crippen LogP) is 3.26. The number of hydrogen-bond acceptors (Lipinski definition) is 6. The van der Waals surface area contributed by atoms with Crippen molar-refractivity contribution in [2.24, 2.45) is 12.1 Å². The lowest BCUT2D eigenvalue weighted by Crippen LogP contribution is -2.27. The number of nitrogens with one attached hydrogen (secondary N) is 1. The van der Waals surface area contributed by atoms with Gasteiger partial charge in [0.05, 0.1) is 29.8 Å². The number of ether oxygens (including phenoxy) is 2. The largest absolute Gasteiger partial charge is 0.493 e. The number of aromatic nitrogens is 2. The number of fused-ring (bicyclic) bond motifs is 1.